The fraction of sp³-hybridized carbons (Fsp3) is 0.733. The van der Waals surface area contributed by atoms with Crippen LogP contribution in [-0.4, -0.2) is 32.3 Å². The summed E-state index contributed by atoms with van der Waals surface area (Å²) in [7, 11) is -0.766. The Morgan fingerprint density at radius 3 is 2.95 bits per heavy atom. The van der Waals surface area contributed by atoms with Crippen LogP contribution < -0.4 is 10.6 Å². The Bertz CT molecular complexity index is 493. The summed E-state index contributed by atoms with van der Waals surface area (Å²) in [6, 6.07) is -0.0535. The predicted molar refractivity (Wildman–Crippen MR) is 91.5 cm³/mol. The van der Waals surface area contributed by atoms with E-state index in [-0.39, 0.29) is 23.4 Å². The standard InChI is InChI=1S/C15H25N3O2S2/c1-3-13(14-16-8-9-21-14)18-15(19)17-11-6-5-7-12(10-11)22(20)4-2/h8-9,11-13H,3-7,10H2,1-2H3,(H2,17,18,19)/t11-,12-,13+,22+/m1/s1. The number of carbonyl (C=O) groups is 1. The molecule has 7 heteroatoms. The number of nitrogens with one attached hydrogen (secondary N) is 2. The molecular formula is C15H25N3O2S2. The normalized spacial score (nSPS) is 24.5. The van der Waals surface area contributed by atoms with Gasteiger partial charge >= 0.3 is 6.03 Å². The second-order valence-corrected chi connectivity index (χ2v) is 8.54. The average molecular weight is 344 g/mol. The van der Waals surface area contributed by atoms with E-state index in [1.807, 2.05) is 19.2 Å². The van der Waals surface area contributed by atoms with Crippen LogP contribution in [0.1, 0.15) is 57.0 Å². The van der Waals surface area contributed by atoms with Crippen molar-refractivity contribution in [2.45, 2.75) is 63.3 Å². The minimum absolute atomic E-state index is 0.0378. The average Bonchev–Trinajstić information content (AvgIpc) is 3.06. The Morgan fingerprint density at radius 1 is 1.50 bits per heavy atom. The first-order valence-electron chi connectivity index (χ1n) is 7.97. The molecule has 2 N–H and O–H groups in total. The van der Waals surface area contributed by atoms with Crippen LogP contribution in [0.2, 0.25) is 0 Å². The molecule has 1 aliphatic rings. The third-order valence-electron chi connectivity index (χ3n) is 4.08. The zero-order valence-corrected chi connectivity index (χ0v) is 14.8. The van der Waals surface area contributed by atoms with Crippen molar-refractivity contribution in [3.05, 3.63) is 16.6 Å². The van der Waals surface area contributed by atoms with Gasteiger partial charge in [-0.15, -0.1) is 11.3 Å². The van der Waals surface area contributed by atoms with Crippen molar-refractivity contribution in [2.75, 3.05) is 5.75 Å². The minimum Gasteiger partial charge on any atom is -0.335 e. The molecular weight excluding hydrogens is 318 g/mol. The molecule has 0 aromatic carbocycles. The number of carbonyl (C=O) groups excluding carboxylic acids is 1. The SMILES string of the molecule is CC[C@H](NC(=O)N[C@@H]1CCC[C@@H]([S@@](=O)CC)C1)c1nccs1. The first-order valence-corrected chi connectivity index (χ1v) is 10.2. The maximum absolute atomic E-state index is 12.2. The molecule has 0 radical (unpaired) electrons. The molecule has 0 bridgehead atoms. The predicted octanol–water partition coefficient (Wildman–Crippen LogP) is 2.97. The van der Waals surface area contributed by atoms with E-state index < -0.39 is 10.8 Å². The van der Waals surface area contributed by atoms with Gasteiger partial charge in [-0.25, -0.2) is 9.78 Å². The lowest BCUT2D eigenvalue weighted by Gasteiger charge is -2.29. The molecule has 1 aromatic heterocycles. The molecule has 1 heterocycles. The second kappa shape index (κ2) is 8.62. The van der Waals surface area contributed by atoms with Crippen LogP contribution in [-0.2, 0) is 10.8 Å². The van der Waals surface area contributed by atoms with Crippen molar-refractivity contribution in [1.29, 1.82) is 0 Å². The lowest BCUT2D eigenvalue weighted by Crippen LogP contribution is -2.46. The van der Waals surface area contributed by atoms with Gasteiger partial charge in [-0.3, -0.25) is 4.21 Å². The van der Waals surface area contributed by atoms with E-state index >= 15 is 0 Å². The Morgan fingerprint density at radius 2 is 2.32 bits per heavy atom. The van der Waals surface area contributed by atoms with E-state index in [2.05, 4.69) is 15.6 Å². The first-order chi connectivity index (χ1) is 10.6. The number of hydrogen-bond donors (Lipinski definition) is 2. The van der Waals surface area contributed by atoms with Crippen molar-refractivity contribution < 1.29 is 9.00 Å². The molecule has 0 unspecified atom stereocenters. The molecule has 4 atom stereocenters. The van der Waals surface area contributed by atoms with E-state index in [0.29, 0.717) is 5.75 Å². The van der Waals surface area contributed by atoms with E-state index in [4.69, 9.17) is 0 Å². The van der Waals surface area contributed by atoms with E-state index in [9.17, 15) is 9.00 Å². The Balaban J connectivity index is 1.84. The van der Waals surface area contributed by atoms with Crippen LogP contribution in [0.3, 0.4) is 0 Å². The number of thiazole rings is 1. The molecule has 2 amide bonds. The molecule has 0 spiro atoms. The third kappa shape index (κ3) is 4.78. The van der Waals surface area contributed by atoms with Crippen LogP contribution in [0.25, 0.3) is 0 Å². The fourth-order valence-electron chi connectivity index (χ4n) is 2.88. The molecule has 22 heavy (non-hydrogen) atoms. The molecule has 5 nitrogen and oxygen atoms in total. The lowest BCUT2D eigenvalue weighted by atomic mass is 9.95. The highest BCUT2D eigenvalue weighted by molar-refractivity contribution is 7.85. The maximum Gasteiger partial charge on any atom is 0.315 e. The van der Waals surface area contributed by atoms with Crippen molar-refractivity contribution in [2.24, 2.45) is 0 Å². The monoisotopic (exact) mass is 343 g/mol. The summed E-state index contributed by atoms with van der Waals surface area (Å²) in [6.45, 7) is 3.99. The van der Waals surface area contributed by atoms with Crippen molar-refractivity contribution >= 4 is 28.2 Å². The van der Waals surface area contributed by atoms with Crippen molar-refractivity contribution in [3.8, 4) is 0 Å². The minimum atomic E-state index is -0.766. The van der Waals surface area contributed by atoms with Gasteiger partial charge in [0.2, 0.25) is 0 Å². The molecule has 1 fully saturated rings. The van der Waals surface area contributed by atoms with E-state index in [1.165, 1.54) is 0 Å². The summed E-state index contributed by atoms with van der Waals surface area (Å²) < 4.78 is 12.0. The molecule has 0 aliphatic heterocycles. The summed E-state index contributed by atoms with van der Waals surface area (Å²) in [4.78, 5) is 16.5. The number of urea groups is 1. The highest BCUT2D eigenvalue weighted by Crippen LogP contribution is 2.23. The van der Waals surface area contributed by atoms with Gasteiger partial charge in [-0.05, 0) is 25.7 Å². The summed E-state index contributed by atoms with van der Waals surface area (Å²) in [6.07, 6.45) is 6.41. The Labute approximate surface area is 138 Å². The van der Waals surface area contributed by atoms with E-state index in [0.717, 1.165) is 37.1 Å². The molecule has 1 saturated carbocycles. The lowest BCUT2D eigenvalue weighted by molar-refractivity contribution is 0.228. The zero-order chi connectivity index (χ0) is 15.9. The highest BCUT2D eigenvalue weighted by atomic mass is 32.2. The highest BCUT2D eigenvalue weighted by Gasteiger charge is 2.27. The zero-order valence-electron chi connectivity index (χ0n) is 13.2. The van der Waals surface area contributed by atoms with Gasteiger partial charge < -0.3 is 10.6 Å². The van der Waals surface area contributed by atoms with Crippen LogP contribution in [0.4, 0.5) is 4.79 Å². The third-order valence-corrected chi connectivity index (χ3v) is 6.71. The second-order valence-electron chi connectivity index (χ2n) is 5.60. The summed E-state index contributed by atoms with van der Waals surface area (Å²) in [5.74, 6) is 0.700. The summed E-state index contributed by atoms with van der Waals surface area (Å²) in [5.41, 5.74) is 0. The largest absolute Gasteiger partial charge is 0.335 e. The Hall–Kier alpha value is -0.950. The van der Waals surface area contributed by atoms with Crippen molar-refractivity contribution in [1.82, 2.24) is 15.6 Å². The number of aromatic nitrogens is 1. The van der Waals surface area contributed by atoms with Gasteiger partial charge in [0.25, 0.3) is 0 Å². The maximum atomic E-state index is 12.2. The number of amides is 2. The van der Waals surface area contributed by atoms with Gasteiger partial charge in [0.05, 0.1) is 6.04 Å². The molecule has 124 valence electrons. The van der Waals surface area contributed by atoms with Crippen LogP contribution >= 0.6 is 11.3 Å². The van der Waals surface area contributed by atoms with Gasteiger partial charge in [-0.2, -0.15) is 0 Å². The molecule has 1 aromatic rings. The summed E-state index contributed by atoms with van der Waals surface area (Å²) >= 11 is 1.56. The van der Waals surface area contributed by atoms with Crippen LogP contribution in [0.5, 0.6) is 0 Å². The number of nitrogens with zero attached hydrogens (tertiary/aromatic N) is 1. The fourth-order valence-corrected chi connectivity index (χ4v) is 5.00. The Kier molecular flexibility index (Phi) is 6.82. The van der Waals surface area contributed by atoms with Gasteiger partial charge in [-0.1, -0.05) is 20.3 Å². The topological polar surface area (TPSA) is 71.1 Å². The van der Waals surface area contributed by atoms with Gasteiger partial charge in [0.1, 0.15) is 5.01 Å². The molecule has 2 rings (SSSR count). The van der Waals surface area contributed by atoms with E-state index in [1.54, 1.807) is 17.5 Å². The van der Waals surface area contributed by atoms with Gasteiger partial charge in [0.15, 0.2) is 0 Å². The molecule has 1 aliphatic carbocycles. The first kappa shape index (κ1) is 17.4. The molecule has 0 saturated heterocycles. The van der Waals surface area contributed by atoms with Crippen molar-refractivity contribution in [3.63, 3.8) is 0 Å². The number of rotatable bonds is 6. The van der Waals surface area contributed by atoms with Crippen LogP contribution in [0.15, 0.2) is 11.6 Å². The quantitative estimate of drug-likeness (QED) is 0.834. The summed E-state index contributed by atoms with van der Waals surface area (Å²) in [5, 5.41) is 9.13. The van der Waals surface area contributed by atoms with Gasteiger partial charge in [0, 0.05) is 39.4 Å². The number of hydrogen-bond acceptors (Lipinski definition) is 4. The van der Waals surface area contributed by atoms with Crippen LogP contribution in [0, 0.1) is 0 Å². The smallest absolute Gasteiger partial charge is 0.315 e.